The molecule has 0 heterocycles. The second-order valence-electron chi connectivity index (χ2n) is 3.26. The van der Waals surface area contributed by atoms with Gasteiger partial charge < -0.3 is 5.32 Å². The molecule has 0 atom stereocenters. The Morgan fingerprint density at radius 1 is 1.50 bits per heavy atom. The fourth-order valence-corrected chi connectivity index (χ4v) is 1.10. The van der Waals surface area contributed by atoms with Gasteiger partial charge in [0.2, 0.25) is 0 Å². The van der Waals surface area contributed by atoms with Crippen LogP contribution in [0.2, 0.25) is 5.02 Å². The molecular weight excluding hydrogens is 205 g/mol. The van der Waals surface area contributed by atoms with Crippen LogP contribution in [0.15, 0.2) is 18.2 Å². The van der Waals surface area contributed by atoms with Crippen LogP contribution in [0.5, 0.6) is 0 Å². The summed E-state index contributed by atoms with van der Waals surface area (Å²) in [5.41, 5.74) is 0.278. The first-order valence-corrected chi connectivity index (χ1v) is 4.64. The molecule has 0 unspecified atom stereocenters. The predicted molar refractivity (Wildman–Crippen MR) is 54.0 cm³/mol. The first-order valence-electron chi connectivity index (χ1n) is 4.26. The largest absolute Gasteiger partial charge is 0.350 e. The van der Waals surface area contributed by atoms with Crippen LogP contribution in [0.25, 0.3) is 0 Å². The Bertz CT molecular complexity index is 352. The zero-order chi connectivity index (χ0) is 10.7. The minimum Gasteiger partial charge on any atom is -0.350 e. The van der Waals surface area contributed by atoms with Crippen molar-refractivity contribution in [3.05, 3.63) is 34.6 Å². The number of nitrogens with one attached hydrogen (secondary N) is 1. The number of rotatable bonds is 2. The molecule has 1 aromatic carbocycles. The Morgan fingerprint density at radius 2 is 2.14 bits per heavy atom. The average Bonchev–Trinajstić information content (AvgIpc) is 2.08. The van der Waals surface area contributed by atoms with Crippen LogP contribution in [0.3, 0.4) is 0 Å². The molecule has 1 aromatic rings. The third-order valence-electron chi connectivity index (χ3n) is 1.60. The van der Waals surface area contributed by atoms with Crippen LogP contribution in [0, 0.1) is 5.82 Å². The summed E-state index contributed by atoms with van der Waals surface area (Å²) in [5, 5.41) is 2.68. The molecule has 0 fully saturated rings. The van der Waals surface area contributed by atoms with E-state index in [1.54, 1.807) is 0 Å². The van der Waals surface area contributed by atoms with E-state index >= 15 is 0 Å². The van der Waals surface area contributed by atoms with Crippen molar-refractivity contribution in [2.45, 2.75) is 19.9 Å². The van der Waals surface area contributed by atoms with E-state index in [1.165, 1.54) is 12.1 Å². The average molecular weight is 216 g/mol. The third kappa shape index (κ3) is 2.70. The maximum atomic E-state index is 13.0. The molecule has 0 aliphatic heterocycles. The summed E-state index contributed by atoms with van der Waals surface area (Å²) < 4.78 is 13.0. The van der Waals surface area contributed by atoms with Gasteiger partial charge in [-0.05, 0) is 32.0 Å². The van der Waals surface area contributed by atoms with E-state index in [4.69, 9.17) is 11.6 Å². The fourth-order valence-electron chi connectivity index (χ4n) is 0.983. The number of carbonyl (C=O) groups excluding carboxylic acids is 1. The molecule has 0 aliphatic rings. The quantitative estimate of drug-likeness (QED) is 0.808. The van der Waals surface area contributed by atoms with Crippen molar-refractivity contribution in [3.8, 4) is 0 Å². The summed E-state index contributed by atoms with van der Waals surface area (Å²) in [6.45, 7) is 3.67. The van der Waals surface area contributed by atoms with Crippen molar-refractivity contribution < 1.29 is 9.18 Å². The summed E-state index contributed by atoms with van der Waals surface area (Å²) in [7, 11) is 0. The molecule has 14 heavy (non-hydrogen) atoms. The Hall–Kier alpha value is -1.09. The predicted octanol–water partition coefficient (Wildman–Crippen LogP) is 2.62. The number of amides is 1. The van der Waals surface area contributed by atoms with Crippen molar-refractivity contribution >= 4 is 17.5 Å². The van der Waals surface area contributed by atoms with Gasteiger partial charge in [0.1, 0.15) is 5.82 Å². The Morgan fingerprint density at radius 3 is 2.64 bits per heavy atom. The van der Waals surface area contributed by atoms with Crippen LogP contribution in [-0.2, 0) is 0 Å². The van der Waals surface area contributed by atoms with E-state index < -0.39 is 5.82 Å². The molecule has 0 radical (unpaired) electrons. The van der Waals surface area contributed by atoms with E-state index in [1.807, 2.05) is 13.8 Å². The minimum absolute atomic E-state index is 0.0195. The maximum absolute atomic E-state index is 13.0. The van der Waals surface area contributed by atoms with E-state index in [0.29, 0.717) is 0 Å². The van der Waals surface area contributed by atoms with Crippen molar-refractivity contribution in [2.24, 2.45) is 0 Å². The lowest BCUT2D eigenvalue weighted by atomic mass is 10.2. The van der Waals surface area contributed by atoms with Crippen molar-refractivity contribution in [3.63, 3.8) is 0 Å². The van der Waals surface area contributed by atoms with Crippen LogP contribution in [0.4, 0.5) is 4.39 Å². The van der Waals surface area contributed by atoms with Crippen molar-refractivity contribution in [2.75, 3.05) is 0 Å². The first kappa shape index (κ1) is 11.0. The molecule has 0 spiro atoms. The lowest BCUT2D eigenvalue weighted by Gasteiger charge is -2.08. The highest BCUT2D eigenvalue weighted by molar-refractivity contribution is 6.30. The molecule has 1 N–H and O–H groups in total. The second kappa shape index (κ2) is 4.42. The van der Waals surface area contributed by atoms with Gasteiger partial charge in [0.05, 0.1) is 5.02 Å². The highest BCUT2D eigenvalue weighted by Crippen LogP contribution is 2.15. The molecule has 1 rings (SSSR count). The summed E-state index contributed by atoms with van der Waals surface area (Å²) in [5.74, 6) is -0.876. The number of halogens is 2. The lowest BCUT2D eigenvalue weighted by Crippen LogP contribution is -2.30. The minimum atomic E-state index is -0.580. The zero-order valence-electron chi connectivity index (χ0n) is 7.97. The zero-order valence-corrected chi connectivity index (χ0v) is 8.73. The van der Waals surface area contributed by atoms with E-state index in [-0.39, 0.29) is 22.5 Å². The van der Waals surface area contributed by atoms with Gasteiger partial charge in [0.15, 0.2) is 0 Å². The summed E-state index contributed by atoms with van der Waals surface area (Å²) in [6.07, 6.45) is 0. The molecule has 0 aliphatic carbocycles. The first-order chi connectivity index (χ1) is 6.50. The van der Waals surface area contributed by atoms with Gasteiger partial charge in [-0.2, -0.15) is 0 Å². The fraction of sp³-hybridized carbons (Fsp3) is 0.300. The van der Waals surface area contributed by atoms with Crippen molar-refractivity contribution in [1.82, 2.24) is 5.32 Å². The van der Waals surface area contributed by atoms with E-state index in [0.717, 1.165) is 6.07 Å². The molecule has 0 saturated carbocycles. The van der Waals surface area contributed by atoms with Crippen LogP contribution < -0.4 is 5.32 Å². The third-order valence-corrected chi connectivity index (χ3v) is 1.91. The van der Waals surface area contributed by atoms with Crippen LogP contribution >= 0.6 is 11.6 Å². The van der Waals surface area contributed by atoms with Gasteiger partial charge >= 0.3 is 0 Å². The van der Waals surface area contributed by atoms with Gasteiger partial charge in [-0.25, -0.2) is 4.39 Å². The molecule has 0 aromatic heterocycles. The molecule has 0 bridgehead atoms. The van der Waals surface area contributed by atoms with Gasteiger partial charge in [0.25, 0.3) is 5.91 Å². The Balaban J connectivity index is 2.86. The molecule has 76 valence electrons. The Labute approximate surface area is 87.1 Å². The monoisotopic (exact) mass is 215 g/mol. The lowest BCUT2D eigenvalue weighted by molar-refractivity contribution is 0.0942. The summed E-state index contributed by atoms with van der Waals surface area (Å²) in [4.78, 5) is 11.4. The number of carbonyl (C=O) groups is 1. The second-order valence-corrected chi connectivity index (χ2v) is 3.66. The van der Waals surface area contributed by atoms with E-state index in [2.05, 4.69) is 5.32 Å². The smallest absolute Gasteiger partial charge is 0.251 e. The summed E-state index contributed by atoms with van der Waals surface area (Å²) in [6, 6.07) is 4.01. The van der Waals surface area contributed by atoms with E-state index in [9.17, 15) is 9.18 Å². The number of benzene rings is 1. The molecule has 1 amide bonds. The van der Waals surface area contributed by atoms with Gasteiger partial charge in [-0.15, -0.1) is 0 Å². The standard InChI is InChI=1S/C10H11ClFNO/c1-6(2)13-10(14)7-3-4-8(11)9(12)5-7/h3-6H,1-2H3,(H,13,14). The number of hydrogen-bond acceptors (Lipinski definition) is 1. The van der Waals surface area contributed by atoms with Gasteiger partial charge in [-0.1, -0.05) is 11.6 Å². The Kier molecular flexibility index (Phi) is 3.47. The molecule has 0 saturated heterocycles. The topological polar surface area (TPSA) is 29.1 Å². The SMILES string of the molecule is CC(C)NC(=O)c1ccc(Cl)c(F)c1. The molecule has 2 nitrogen and oxygen atoms in total. The maximum Gasteiger partial charge on any atom is 0.251 e. The highest BCUT2D eigenvalue weighted by atomic mass is 35.5. The highest BCUT2D eigenvalue weighted by Gasteiger charge is 2.09. The van der Waals surface area contributed by atoms with Crippen molar-refractivity contribution in [1.29, 1.82) is 0 Å². The summed E-state index contributed by atoms with van der Waals surface area (Å²) >= 11 is 5.48. The van der Waals surface area contributed by atoms with Gasteiger partial charge in [0, 0.05) is 11.6 Å². The number of hydrogen-bond donors (Lipinski definition) is 1. The van der Waals surface area contributed by atoms with Crippen LogP contribution in [0.1, 0.15) is 24.2 Å². The molecular formula is C10H11ClFNO. The molecule has 4 heteroatoms. The van der Waals surface area contributed by atoms with Crippen LogP contribution in [-0.4, -0.2) is 11.9 Å². The van der Waals surface area contributed by atoms with Gasteiger partial charge in [-0.3, -0.25) is 4.79 Å². The normalized spacial score (nSPS) is 10.4.